The molecule has 0 bridgehead atoms. The Labute approximate surface area is 143 Å². The van der Waals surface area contributed by atoms with Crippen molar-refractivity contribution in [1.82, 2.24) is 14.9 Å². The number of hydrogen-bond donors (Lipinski definition) is 5. The number of fused-ring (bicyclic) bond motifs is 1. The number of amides is 1. The van der Waals surface area contributed by atoms with Gasteiger partial charge in [0.25, 0.3) is 5.91 Å². The fraction of sp³-hybridized carbons (Fsp3) is 0.333. The Bertz CT molecular complexity index is 735. The molecule has 0 saturated heterocycles. The Kier molecular flexibility index (Phi) is 5.03. The predicted octanol–water partition coefficient (Wildman–Crippen LogP) is -0.723. The smallest absolute Gasteiger partial charge is 0.276 e. The fourth-order valence-electron chi connectivity index (χ4n) is 2.34. The van der Waals surface area contributed by atoms with E-state index < -0.39 is 18.3 Å². The number of carbonyl (C=O) groups is 1. The van der Waals surface area contributed by atoms with E-state index in [1.165, 1.54) is 4.57 Å². The first-order valence-corrected chi connectivity index (χ1v) is 7.67. The Morgan fingerprint density at radius 3 is 2.80 bits per heavy atom. The van der Waals surface area contributed by atoms with Crippen LogP contribution in [0.1, 0.15) is 10.5 Å². The van der Waals surface area contributed by atoms with Crippen LogP contribution in [-0.4, -0.2) is 46.2 Å². The van der Waals surface area contributed by atoms with E-state index in [0.29, 0.717) is 11.6 Å². The highest BCUT2D eigenvalue weighted by Crippen LogP contribution is 2.23. The van der Waals surface area contributed by atoms with Gasteiger partial charge in [-0.2, -0.15) is 0 Å². The number of aromatic nitrogens is 2. The zero-order valence-corrected chi connectivity index (χ0v) is 13.4. The Balaban J connectivity index is 1.63. The molecule has 2 atom stereocenters. The van der Waals surface area contributed by atoms with E-state index >= 15 is 0 Å². The number of rotatable bonds is 7. The van der Waals surface area contributed by atoms with Crippen molar-refractivity contribution in [2.45, 2.75) is 19.1 Å². The molecular weight excluding hydrogens is 328 g/mol. The number of ether oxygens (including phenoxy) is 2. The number of carbonyl (C=O) groups excluding carboxylic acids is 1. The van der Waals surface area contributed by atoms with Gasteiger partial charge < -0.3 is 30.9 Å². The zero-order valence-electron chi connectivity index (χ0n) is 13.4. The molecule has 0 aliphatic carbocycles. The molecule has 1 amide bonds. The second-order valence-corrected chi connectivity index (χ2v) is 5.42. The molecule has 0 fully saturated rings. The van der Waals surface area contributed by atoms with Crippen LogP contribution in [0.5, 0.6) is 5.75 Å². The highest BCUT2D eigenvalue weighted by molar-refractivity contribution is 5.99. The minimum atomic E-state index is -0.745. The average molecular weight is 348 g/mol. The van der Waals surface area contributed by atoms with Gasteiger partial charge in [-0.15, -0.1) is 0 Å². The quantitative estimate of drug-likeness (QED) is 0.440. The van der Waals surface area contributed by atoms with Crippen LogP contribution in [0.2, 0.25) is 0 Å². The van der Waals surface area contributed by atoms with E-state index in [4.69, 9.17) is 20.9 Å². The topological polar surface area (TPSA) is 150 Å². The summed E-state index contributed by atoms with van der Waals surface area (Å²) in [6.07, 6.45) is -1.33. The molecule has 2 heterocycles. The van der Waals surface area contributed by atoms with Crippen molar-refractivity contribution in [2.75, 3.05) is 24.3 Å². The number of anilines is 2. The van der Waals surface area contributed by atoms with Crippen molar-refractivity contribution >= 4 is 17.7 Å². The van der Waals surface area contributed by atoms with Crippen molar-refractivity contribution in [1.29, 1.82) is 0 Å². The third-order valence-corrected chi connectivity index (χ3v) is 3.61. The number of aliphatic hydroxyl groups excluding tert-OH is 1. The van der Waals surface area contributed by atoms with Crippen molar-refractivity contribution in [3.63, 3.8) is 0 Å². The van der Waals surface area contributed by atoms with Gasteiger partial charge in [0.2, 0.25) is 5.95 Å². The number of hydrogen-bond acceptors (Lipinski definition) is 8. The molecule has 1 aliphatic rings. The molecule has 0 radical (unpaired) electrons. The summed E-state index contributed by atoms with van der Waals surface area (Å²) in [5.41, 5.74) is 11.7. The lowest BCUT2D eigenvalue weighted by molar-refractivity contribution is -0.0436. The Hall–Kier alpha value is -2.82. The molecule has 3 rings (SSSR count). The minimum Gasteiger partial charge on any atom is -0.491 e. The van der Waals surface area contributed by atoms with Gasteiger partial charge in [-0.05, 0) is 12.1 Å². The van der Waals surface area contributed by atoms with E-state index in [1.807, 2.05) is 30.3 Å². The van der Waals surface area contributed by atoms with Gasteiger partial charge in [0.1, 0.15) is 31.0 Å². The van der Waals surface area contributed by atoms with Crippen molar-refractivity contribution in [2.24, 2.45) is 5.73 Å². The molecule has 25 heavy (non-hydrogen) atoms. The van der Waals surface area contributed by atoms with Gasteiger partial charge in [0.05, 0.1) is 6.61 Å². The average Bonchev–Trinajstić information content (AvgIpc) is 2.92. The monoisotopic (exact) mass is 348 g/mol. The number of para-hydroxylation sites is 1. The molecule has 1 aromatic carbocycles. The SMILES string of the molecule is Nc1nc2c(n1COC(CO)COc1ccccc1)NC(N)NC2=O. The lowest BCUT2D eigenvalue weighted by Gasteiger charge is -2.24. The second-order valence-electron chi connectivity index (χ2n) is 5.42. The van der Waals surface area contributed by atoms with Crippen LogP contribution in [0.15, 0.2) is 30.3 Å². The number of nitrogens with zero attached hydrogens (tertiary/aromatic N) is 2. The van der Waals surface area contributed by atoms with E-state index in [0.717, 1.165) is 0 Å². The van der Waals surface area contributed by atoms with Crippen LogP contribution in [0, 0.1) is 0 Å². The second kappa shape index (κ2) is 7.38. The molecule has 2 aromatic rings. The van der Waals surface area contributed by atoms with Crippen LogP contribution in [0.3, 0.4) is 0 Å². The van der Waals surface area contributed by atoms with Gasteiger partial charge in [-0.25, -0.2) is 4.98 Å². The van der Waals surface area contributed by atoms with Crippen LogP contribution in [0.25, 0.3) is 0 Å². The van der Waals surface area contributed by atoms with E-state index in [1.54, 1.807) is 0 Å². The third-order valence-electron chi connectivity index (χ3n) is 3.61. The summed E-state index contributed by atoms with van der Waals surface area (Å²) in [5.74, 6) is 0.725. The van der Waals surface area contributed by atoms with Crippen molar-refractivity contribution in [3.8, 4) is 5.75 Å². The molecule has 7 N–H and O–H groups in total. The summed E-state index contributed by atoms with van der Waals surface area (Å²) in [6.45, 7) is -0.105. The lowest BCUT2D eigenvalue weighted by atomic mass is 10.3. The zero-order chi connectivity index (χ0) is 17.8. The summed E-state index contributed by atoms with van der Waals surface area (Å²) < 4.78 is 12.7. The molecule has 0 spiro atoms. The number of nitrogens with one attached hydrogen (secondary N) is 2. The number of benzene rings is 1. The summed E-state index contributed by atoms with van der Waals surface area (Å²) in [5, 5.41) is 14.8. The third kappa shape index (κ3) is 3.82. The van der Waals surface area contributed by atoms with Crippen molar-refractivity contribution in [3.05, 3.63) is 36.0 Å². The standard InChI is InChI=1S/C15H20N6O4/c16-14-19-12-11(13(23)20-14)18-15(17)21(12)8-25-10(6-22)7-24-9-4-2-1-3-5-9/h1-5,10,14,19,22H,6-8,16H2,(H2,17,18)(H,20,23). The maximum Gasteiger partial charge on any atom is 0.276 e. The summed E-state index contributed by atoms with van der Waals surface area (Å²) in [6, 6.07) is 9.20. The molecule has 134 valence electrons. The molecule has 1 aromatic heterocycles. The highest BCUT2D eigenvalue weighted by Gasteiger charge is 2.28. The molecule has 2 unspecified atom stereocenters. The maximum atomic E-state index is 11.9. The number of aliphatic hydroxyl groups is 1. The maximum absolute atomic E-state index is 11.9. The number of imidazole rings is 1. The van der Waals surface area contributed by atoms with Gasteiger partial charge >= 0.3 is 0 Å². The van der Waals surface area contributed by atoms with E-state index in [9.17, 15) is 9.90 Å². The molecule has 1 aliphatic heterocycles. The van der Waals surface area contributed by atoms with Gasteiger partial charge in [-0.3, -0.25) is 15.1 Å². The minimum absolute atomic E-state index is 0.0233. The Morgan fingerprint density at radius 1 is 1.32 bits per heavy atom. The number of nitrogen functional groups attached to an aromatic ring is 1. The van der Waals surface area contributed by atoms with Crippen LogP contribution in [0.4, 0.5) is 11.8 Å². The molecular formula is C15H20N6O4. The fourth-order valence-corrected chi connectivity index (χ4v) is 2.34. The first-order chi connectivity index (χ1) is 12.1. The summed E-state index contributed by atoms with van der Waals surface area (Å²) >= 11 is 0. The van der Waals surface area contributed by atoms with E-state index in [-0.39, 0.29) is 31.6 Å². The molecule has 10 heteroatoms. The lowest BCUT2D eigenvalue weighted by Crippen LogP contribution is -2.51. The van der Waals surface area contributed by atoms with Crippen molar-refractivity contribution < 1.29 is 19.4 Å². The normalized spacial score (nSPS) is 17.4. The van der Waals surface area contributed by atoms with Crippen LogP contribution < -0.4 is 26.8 Å². The van der Waals surface area contributed by atoms with Crippen LogP contribution >= 0.6 is 0 Å². The highest BCUT2D eigenvalue weighted by atomic mass is 16.5. The first kappa shape index (κ1) is 17.0. The van der Waals surface area contributed by atoms with Gasteiger partial charge in [0, 0.05) is 0 Å². The summed E-state index contributed by atoms with van der Waals surface area (Å²) in [4.78, 5) is 15.9. The van der Waals surface area contributed by atoms with Gasteiger partial charge in [0.15, 0.2) is 12.0 Å². The largest absolute Gasteiger partial charge is 0.491 e. The Morgan fingerprint density at radius 2 is 2.08 bits per heavy atom. The summed E-state index contributed by atoms with van der Waals surface area (Å²) in [7, 11) is 0. The van der Waals surface area contributed by atoms with E-state index in [2.05, 4.69) is 15.6 Å². The molecule has 10 nitrogen and oxygen atoms in total. The first-order valence-electron chi connectivity index (χ1n) is 7.67. The molecule has 0 saturated carbocycles. The number of nitrogens with two attached hydrogens (primary N) is 2. The van der Waals surface area contributed by atoms with Gasteiger partial charge in [-0.1, -0.05) is 18.2 Å². The van der Waals surface area contributed by atoms with Crippen LogP contribution in [-0.2, 0) is 11.5 Å². The predicted molar refractivity (Wildman–Crippen MR) is 89.6 cm³/mol.